The van der Waals surface area contributed by atoms with Gasteiger partial charge in [-0.15, -0.1) is 0 Å². The zero-order valence-corrected chi connectivity index (χ0v) is 14.4. The van der Waals surface area contributed by atoms with Crippen molar-refractivity contribution in [3.8, 4) is 0 Å². The van der Waals surface area contributed by atoms with E-state index in [1.165, 1.54) is 44.9 Å². The third kappa shape index (κ3) is 11.6. The smallest absolute Gasteiger partial charge is 0.407 e. The number of rotatable bonds is 12. The molecule has 0 spiro atoms. The van der Waals surface area contributed by atoms with Crippen molar-refractivity contribution < 1.29 is 9.90 Å². The Morgan fingerprint density at radius 3 is 1.57 bits per heavy atom. The van der Waals surface area contributed by atoms with E-state index in [4.69, 9.17) is 5.73 Å². The average Bonchev–Trinajstić information content (AvgIpc) is 2.38. The quantitative estimate of drug-likeness (QED) is 0.517. The van der Waals surface area contributed by atoms with E-state index in [-0.39, 0.29) is 5.54 Å². The minimum atomic E-state index is -0.806. The largest absolute Gasteiger partial charge is 0.465 e. The summed E-state index contributed by atoms with van der Waals surface area (Å²) >= 11 is 0. The average molecular weight is 300 g/mol. The first-order valence-corrected chi connectivity index (χ1v) is 8.60. The van der Waals surface area contributed by atoms with Gasteiger partial charge in [0.2, 0.25) is 0 Å². The van der Waals surface area contributed by atoms with Crippen LogP contribution in [0.3, 0.4) is 0 Å². The Hall–Kier alpha value is -0.770. The lowest BCUT2D eigenvalue weighted by Crippen LogP contribution is -2.45. The molecule has 0 aromatic rings. The van der Waals surface area contributed by atoms with Crippen LogP contribution in [-0.2, 0) is 0 Å². The maximum absolute atomic E-state index is 11.2. The first kappa shape index (κ1) is 20.2. The van der Waals surface area contributed by atoms with Crippen molar-refractivity contribution >= 4 is 6.09 Å². The fourth-order valence-electron chi connectivity index (χ4n) is 2.55. The standard InChI is InChI=1S/C17H36N2O2/c1-17(2,3)19(16(20)21)15-13-11-9-7-5-4-6-8-10-12-14-18/h4-15,18H2,1-3H3,(H,20,21). The summed E-state index contributed by atoms with van der Waals surface area (Å²) in [7, 11) is 0. The Bertz CT molecular complexity index is 262. The highest BCUT2D eigenvalue weighted by Crippen LogP contribution is 2.16. The second kappa shape index (κ2) is 11.8. The molecule has 0 saturated carbocycles. The van der Waals surface area contributed by atoms with E-state index in [0.29, 0.717) is 6.54 Å². The van der Waals surface area contributed by atoms with Gasteiger partial charge in [-0.3, -0.25) is 0 Å². The van der Waals surface area contributed by atoms with Crippen LogP contribution < -0.4 is 5.73 Å². The molecule has 0 aromatic carbocycles. The SMILES string of the molecule is CC(C)(C)N(CCCCCCCCCCCCN)C(=O)O. The van der Waals surface area contributed by atoms with E-state index in [9.17, 15) is 9.90 Å². The Kier molecular flexibility index (Phi) is 11.4. The first-order valence-electron chi connectivity index (χ1n) is 8.60. The summed E-state index contributed by atoms with van der Waals surface area (Å²) in [5, 5.41) is 9.19. The summed E-state index contributed by atoms with van der Waals surface area (Å²) in [6.45, 7) is 7.32. The van der Waals surface area contributed by atoms with Crippen LogP contribution in [0.5, 0.6) is 0 Å². The topological polar surface area (TPSA) is 66.6 Å². The summed E-state index contributed by atoms with van der Waals surface area (Å²) < 4.78 is 0. The highest BCUT2D eigenvalue weighted by atomic mass is 16.4. The highest BCUT2D eigenvalue weighted by molar-refractivity contribution is 5.65. The van der Waals surface area contributed by atoms with Crippen LogP contribution in [0.2, 0.25) is 0 Å². The second-order valence-corrected chi connectivity index (χ2v) is 6.93. The Labute approximate surface area is 131 Å². The van der Waals surface area contributed by atoms with Crippen molar-refractivity contribution in [3.05, 3.63) is 0 Å². The molecule has 3 N–H and O–H groups in total. The van der Waals surface area contributed by atoms with Gasteiger partial charge in [0.1, 0.15) is 0 Å². The monoisotopic (exact) mass is 300 g/mol. The number of nitrogens with zero attached hydrogens (tertiary/aromatic N) is 1. The highest BCUT2D eigenvalue weighted by Gasteiger charge is 2.24. The summed E-state index contributed by atoms with van der Waals surface area (Å²) in [5.74, 6) is 0. The minimum absolute atomic E-state index is 0.296. The zero-order valence-electron chi connectivity index (χ0n) is 14.4. The van der Waals surface area contributed by atoms with Crippen LogP contribution in [0.1, 0.15) is 85.0 Å². The summed E-state index contributed by atoms with van der Waals surface area (Å²) in [6.07, 6.45) is 11.5. The van der Waals surface area contributed by atoms with Gasteiger partial charge in [0.15, 0.2) is 0 Å². The van der Waals surface area contributed by atoms with Crippen molar-refractivity contribution in [1.82, 2.24) is 4.90 Å². The lowest BCUT2D eigenvalue weighted by molar-refractivity contribution is 0.0990. The predicted molar refractivity (Wildman–Crippen MR) is 89.7 cm³/mol. The molecule has 0 aromatic heterocycles. The first-order chi connectivity index (χ1) is 9.89. The number of nitrogens with two attached hydrogens (primary N) is 1. The molecule has 4 heteroatoms. The van der Waals surface area contributed by atoms with Gasteiger partial charge in [0, 0.05) is 12.1 Å². The number of unbranched alkanes of at least 4 members (excludes halogenated alkanes) is 9. The van der Waals surface area contributed by atoms with Gasteiger partial charge in [-0.05, 0) is 40.2 Å². The molecule has 0 aliphatic carbocycles. The van der Waals surface area contributed by atoms with E-state index in [0.717, 1.165) is 25.8 Å². The number of carbonyl (C=O) groups is 1. The molecule has 0 atom stereocenters. The Morgan fingerprint density at radius 2 is 1.24 bits per heavy atom. The number of hydrogen-bond acceptors (Lipinski definition) is 2. The van der Waals surface area contributed by atoms with Crippen LogP contribution in [0.4, 0.5) is 4.79 Å². The fourth-order valence-corrected chi connectivity index (χ4v) is 2.55. The molecule has 4 nitrogen and oxygen atoms in total. The summed E-state index contributed by atoms with van der Waals surface area (Å²) in [6, 6.07) is 0. The summed E-state index contributed by atoms with van der Waals surface area (Å²) in [4.78, 5) is 12.7. The zero-order chi connectivity index (χ0) is 16.1. The van der Waals surface area contributed by atoms with Crippen LogP contribution in [0.15, 0.2) is 0 Å². The third-order valence-electron chi connectivity index (χ3n) is 3.88. The lowest BCUT2D eigenvalue weighted by atomic mass is 10.0. The molecule has 0 heterocycles. The van der Waals surface area contributed by atoms with Crippen molar-refractivity contribution in [2.24, 2.45) is 5.73 Å². The molecule has 0 saturated heterocycles. The van der Waals surface area contributed by atoms with Crippen molar-refractivity contribution in [3.63, 3.8) is 0 Å². The van der Waals surface area contributed by atoms with E-state index in [1.807, 2.05) is 20.8 Å². The van der Waals surface area contributed by atoms with Crippen molar-refractivity contribution in [1.29, 1.82) is 0 Å². The third-order valence-corrected chi connectivity index (χ3v) is 3.88. The van der Waals surface area contributed by atoms with Crippen molar-refractivity contribution in [2.45, 2.75) is 90.5 Å². The lowest BCUT2D eigenvalue weighted by Gasteiger charge is -2.33. The maximum atomic E-state index is 11.2. The van der Waals surface area contributed by atoms with Crippen LogP contribution in [0.25, 0.3) is 0 Å². The van der Waals surface area contributed by atoms with Gasteiger partial charge in [0.05, 0.1) is 0 Å². The molecule has 21 heavy (non-hydrogen) atoms. The van der Waals surface area contributed by atoms with E-state index in [1.54, 1.807) is 4.90 Å². The maximum Gasteiger partial charge on any atom is 0.407 e. The number of amides is 1. The minimum Gasteiger partial charge on any atom is -0.465 e. The van der Waals surface area contributed by atoms with Crippen LogP contribution in [0, 0.1) is 0 Å². The number of hydrogen-bond donors (Lipinski definition) is 2. The van der Waals surface area contributed by atoms with Gasteiger partial charge >= 0.3 is 6.09 Å². The molecule has 1 amide bonds. The van der Waals surface area contributed by atoms with Gasteiger partial charge in [-0.1, -0.05) is 51.4 Å². The Morgan fingerprint density at radius 1 is 0.857 bits per heavy atom. The normalized spacial score (nSPS) is 11.6. The molecular formula is C17H36N2O2. The van der Waals surface area contributed by atoms with E-state index < -0.39 is 6.09 Å². The molecule has 0 aliphatic rings. The van der Waals surface area contributed by atoms with E-state index >= 15 is 0 Å². The molecule has 0 aliphatic heterocycles. The van der Waals surface area contributed by atoms with Gasteiger partial charge in [0.25, 0.3) is 0 Å². The molecule has 0 bridgehead atoms. The molecule has 0 radical (unpaired) electrons. The van der Waals surface area contributed by atoms with Gasteiger partial charge < -0.3 is 15.7 Å². The van der Waals surface area contributed by atoms with Gasteiger partial charge in [-0.25, -0.2) is 4.79 Å². The summed E-state index contributed by atoms with van der Waals surface area (Å²) in [5.41, 5.74) is 5.17. The molecular weight excluding hydrogens is 264 g/mol. The fraction of sp³-hybridized carbons (Fsp3) is 0.941. The predicted octanol–water partition coefficient (Wildman–Crippen LogP) is 4.62. The second-order valence-electron chi connectivity index (χ2n) is 6.93. The number of carboxylic acid groups (broad SMARTS) is 1. The van der Waals surface area contributed by atoms with Gasteiger partial charge in [-0.2, -0.15) is 0 Å². The Balaban J connectivity index is 3.45. The molecule has 0 unspecified atom stereocenters. The van der Waals surface area contributed by atoms with Crippen LogP contribution >= 0.6 is 0 Å². The van der Waals surface area contributed by atoms with E-state index in [2.05, 4.69) is 0 Å². The molecule has 0 rings (SSSR count). The molecule has 126 valence electrons. The molecule has 0 fully saturated rings. The van der Waals surface area contributed by atoms with Crippen LogP contribution in [-0.4, -0.2) is 34.7 Å². The van der Waals surface area contributed by atoms with Crippen molar-refractivity contribution in [2.75, 3.05) is 13.1 Å².